The number of rotatable bonds is 4. The molecule has 0 spiro atoms. The second-order valence-corrected chi connectivity index (χ2v) is 4.90. The van der Waals surface area contributed by atoms with Crippen molar-refractivity contribution in [1.29, 1.82) is 0 Å². The van der Waals surface area contributed by atoms with Gasteiger partial charge in [-0.1, -0.05) is 30.1 Å². The van der Waals surface area contributed by atoms with Crippen LogP contribution in [0.2, 0.25) is 10.0 Å². The van der Waals surface area contributed by atoms with E-state index in [-0.39, 0.29) is 5.91 Å². The second kappa shape index (κ2) is 6.59. The molecule has 0 saturated carbocycles. The summed E-state index contributed by atoms with van der Waals surface area (Å²) in [5.41, 5.74) is 1.45. The van der Waals surface area contributed by atoms with E-state index in [9.17, 15) is 4.79 Å². The molecule has 0 aliphatic carbocycles. The molecule has 0 aliphatic rings. The van der Waals surface area contributed by atoms with E-state index in [1.165, 1.54) is 0 Å². The van der Waals surface area contributed by atoms with Crippen molar-refractivity contribution in [2.45, 2.75) is 13.3 Å². The second-order valence-electron chi connectivity index (χ2n) is 4.09. The highest BCUT2D eigenvalue weighted by Gasteiger charge is 2.02. The third-order valence-corrected chi connectivity index (χ3v) is 3.30. The molecule has 0 saturated heterocycles. The van der Waals surface area contributed by atoms with Gasteiger partial charge in [0.15, 0.2) is 0 Å². The molecule has 0 aliphatic heterocycles. The number of nitrogens with one attached hydrogen (secondary N) is 2. The van der Waals surface area contributed by atoms with Crippen molar-refractivity contribution in [3.8, 4) is 0 Å². The summed E-state index contributed by atoms with van der Waals surface area (Å²) in [6.45, 7) is 1.79. The van der Waals surface area contributed by atoms with E-state index in [2.05, 4.69) is 15.6 Å². The Hall–Kier alpha value is -1.78. The summed E-state index contributed by atoms with van der Waals surface area (Å²) in [7, 11) is 0. The van der Waals surface area contributed by atoms with Crippen molar-refractivity contribution in [3.05, 3.63) is 46.6 Å². The van der Waals surface area contributed by atoms with Crippen molar-refractivity contribution in [2.75, 3.05) is 10.6 Å². The summed E-state index contributed by atoms with van der Waals surface area (Å²) in [6, 6.07) is 8.79. The average Bonchev–Trinajstić information content (AvgIpc) is 2.45. The molecule has 0 unspecified atom stereocenters. The monoisotopic (exact) mass is 309 g/mol. The van der Waals surface area contributed by atoms with Gasteiger partial charge in [0, 0.05) is 12.1 Å². The van der Waals surface area contributed by atoms with E-state index >= 15 is 0 Å². The number of pyridine rings is 1. The highest BCUT2D eigenvalue weighted by Crippen LogP contribution is 2.26. The molecule has 2 aromatic rings. The fourth-order valence-corrected chi connectivity index (χ4v) is 1.81. The van der Waals surface area contributed by atoms with Crippen molar-refractivity contribution < 1.29 is 4.79 Å². The molecule has 1 aromatic heterocycles. The lowest BCUT2D eigenvalue weighted by Gasteiger charge is -2.08. The molecule has 20 heavy (non-hydrogen) atoms. The zero-order valence-corrected chi connectivity index (χ0v) is 12.3. The first-order valence-corrected chi connectivity index (χ1v) is 6.82. The number of amides is 1. The van der Waals surface area contributed by atoms with Crippen LogP contribution in [0, 0.1) is 0 Å². The van der Waals surface area contributed by atoms with Crippen LogP contribution in [0.5, 0.6) is 0 Å². The number of benzene rings is 1. The Morgan fingerprint density at radius 2 is 1.90 bits per heavy atom. The largest absolute Gasteiger partial charge is 0.340 e. The van der Waals surface area contributed by atoms with Gasteiger partial charge in [0.25, 0.3) is 0 Å². The van der Waals surface area contributed by atoms with Gasteiger partial charge in [0.2, 0.25) is 5.91 Å². The summed E-state index contributed by atoms with van der Waals surface area (Å²) in [4.78, 5) is 15.5. The van der Waals surface area contributed by atoms with Crippen LogP contribution in [0.1, 0.15) is 13.3 Å². The minimum absolute atomic E-state index is 0.0445. The zero-order valence-electron chi connectivity index (χ0n) is 10.8. The molecule has 4 nitrogen and oxygen atoms in total. The maximum absolute atomic E-state index is 11.2. The van der Waals surface area contributed by atoms with Gasteiger partial charge in [-0.25, -0.2) is 4.98 Å². The molecule has 1 aromatic carbocycles. The van der Waals surface area contributed by atoms with Crippen molar-refractivity contribution in [1.82, 2.24) is 4.98 Å². The predicted molar refractivity (Wildman–Crippen MR) is 82.9 cm³/mol. The number of hydrogen-bond acceptors (Lipinski definition) is 3. The Kier molecular flexibility index (Phi) is 4.82. The lowest BCUT2D eigenvalue weighted by atomic mass is 10.3. The third kappa shape index (κ3) is 3.85. The van der Waals surface area contributed by atoms with E-state index in [0.717, 1.165) is 5.69 Å². The number of carbonyl (C=O) groups is 1. The Morgan fingerprint density at radius 3 is 2.50 bits per heavy atom. The van der Waals surface area contributed by atoms with E-state index in [1.807, 2.05) is 6.07 Å². The van der Waals surface area contributed by atoms with Crippen LogP contribution in [-0.2, 0) is 4.79 Å². The maximum Gasteiger partial charge on any atom is 0.224 e. The fraction of sp³-hybridized carbons (Fsp3) is 0.143. The number of nitrogens with zero attached hydrogens (tertiary/aromatic N) is 1. The smallest absolute Gasteiger partial charge is 0.224 e. The van der Waals surface area contributed by atoms with E-state index < -0.39 is 0 Å². The number of aromatic nitrogens is 1. The average molecular weight is 310 g/mol. The highest BCUT2D eigenvalue weighted by molar-refractivity contribution is 6.42. The fourth-order valence-electron chi connectivity index (χ4n) is 1.51. The molecule has 2 rings (SSSR count). The Labute approximate surface area is 127 Å². The van der Waals surface area contributed by atoms with Crippen LogP contribution in [0.25, 0.3) is 0 Å². The summed E-state index contributed by atoms with van der Waals surface area (Å²) in [6.07, 6.45) is 2.02. The minimum atomic E-state index is -0.0445. The van der Waals surface area contributed by atoms with Crippen molar-refractivity contribution >= 4 is 46.3 Å². The van der Waals surface area contributed by atoms with Gasteiger partial charge in [-0.2, -0.15) is 0 Å². The van der Waals surface area contributed by atoms with Crippen LogP contribution in [-0.4, -0.2) is 10.9 Å². The van der Waals surface area contributed by atoms with Crippen LogP contribution in [0.15, 0.2) is 36.5 Å². The Balaban J connectivity index is 2.06. The van der Waals surface area contributed by atoms with Gasteiger partial charge in [0.1, 0.15) is 5.82 Å². The third-order valence-electron chi connectivity index (χ3n) is 2.56. The van der Waals surface area contributed by atoms with Gasteiger partial charge in [-0.05, 0) is 30.3 Å². The molecule has 104 valence electrons. The Morgan fingerprint density at radius 1 is 1.15 bits per heavy atom. The number of carbonyl (C=O) groups excluding carboxylic acids is 1. The molecule has 0 bridgehead atoms. The lowest BCUT2D eigenvalue weighted by Crippen LogP contribution is -2.09. The molecule has 0 fully saturated rings. The first-order valence-electron chi connectivity index (χ1n) is 6.06. The lowest BCUT2D eigenvalue weighted by molar-refractivity contribution is -0.115. The van der Waals surface area contributed by atoms with Crippen molar-refractivity contribution in [2.24, 2.45) is 0 Å². The summed E-state index contributed by atoms with van der Waals surface area (Å²) >= 11 is 11.8. The molecular formula is C14H13Cl2N3O. The van der Waals surface area contributed by atoms with E-state index in [0.29, 0.717) is 28.0 Å². The molecule has 0 atom stereocenters. The normalized spacial score (nSPS) is 10.2. The van der Waals surface area contributed by atoms with Gasteiger partial charge in [-0.15, -0.1) is 0 Å². The number of hydrogen-bond donors (Lipinski definition) is 2. The molecule has 6 heteroatoms. The quantitative estimate of drug-likeness (QED) is 0.875. The van der Waals surface area contributed by atoms with E-state index in [1.54, 1.807) is 37.4 Å². The van der Waals surface area contributed by atoms with Crippen LogP contribution in [0.4, 0.5) is 17.2 Å². The highest BCUT2D eigenvalue weighted by atomic mass is 35.5. The first kappa shape index (κ1) is 14.6. The summed E-state index contributed by atoms with van der Waals surface area (Å²) < 4.78 is 0. The number of anilines is 3. The molecule has 1 heterocycles. The van der Waals surface area contributed by atoms with E-state index in [4.69, 9.17) is 23.2 Å². The van der Waals surface area contributed by atoms with Crippen LogP contribution < -0.4 is 10.6 Å². The zero-order chi connectivity index (χ0) is 14.5. The summed E-state index contributed by atoms with van der Waals surface area (Å²) in [5.74, 6) is 0.606. The van der Waals surface area contributed by atoms with Crippen molar-refractivity contribution in [3.63, 3.8) is 0 Å². The standard InChI is InChI=1S/C14H13Cl2N3O/c1-2-14(20)19-10-4-6-13(17-8-10)18-9-3-5-11(15)12(16)7-9/h3-8H,2H2,1H3,(H,17,18)(H,19,20). The number of halogens is 2. The molecule has 1 amide bonds. The predicted octanol–water partition coefficient (Wildman–Crippen LogP) is 4.48. The SMILES string of the molecule is CCC(=O)Nc1ccc(Nc2ccc(Cl)c(Cl)c2)nc1. The maximum atomic E-state index is 11.2. The minimum Gasteiger partial charge on any atom is -0.340 e. The van der Waals surface area contributed by atoms with Crippen LogP contribution >= 0.6 is 23.2 Å². The van der Waals surface area contributed by atoms with Gasteiger partial charge in [0.05, 0.1) is 21.9 Å². The Bertz CT molecular complexity index is 614. The molecule has 2 N–H and O–H groups in total. The van der Waals surface area contributed by atoms with Gasteiger partial charge < -0.3 is 10.6 Å². The molecular weight excluding hydrogens is 297 g/mol. The summed E-state index contributed by atoms with van der Waals surface area (Å²) in [5, 5.41) is 6.81. The van der Waals surface area contributed by atoms with Crippen LogP contribution in [0.3, 0.4) is 0 Å². The molecule has 0 radical (unpaired) electrons. The topological polar surface area (TPSA) is 54.0 Å². The first-order chi connectivity index (χ1) is 9.58. The van der Waals surface area contributed by atoms with Gasteiger partial charge in [-0.3, -0.25) is 4.79 Å². The van der Waals surface area contributed by atoms with Gasteiger partial charge >= 0.3 is 0 Å².